The molecule has 4 aliphatic rings. The van der Waals surface area contributed by atoms with Gasteiger partial charge in [0.15, 0.2) is 0 Å². The second-order valence-corrected chi connectivity index (χ2v) is 6.89. The number of halogens is 3. The van der Waals surface area contributed by atoms with Crippen molar-refractivity contribution in [2.75, 3.05) is 0 Å². The fraction of sp³-hybridized carbons (Fsp3) is 1.00. The van der Waals surface area contributed by atoms with Crippen LogP contribution in [-0.4, -0.2) is 6.18 Å². The molecule has 0 saturated heterocycles. The van der Waals surface area contributed by atoms with E-state index in [1.807, 2.05) is 0 Å². The Morgan fingerprint density at radius 1 is 1.06 bits per heavy atom. The van der Waals surface area contributed by atoms with Crippen molar-refractivity contribution in [3.8, 4) is 0 Å². The van der Waals surface area contributed by atoms with Gasteiger partial charge < -0.3 is 0 Å². The first-order valence-electron chi connectivity index (χ1n) is 6.89. The third-order valence-corrected chi connectivity index (χ3v) is 6.24. The minimum Gasteiger partial charge on any atom is -0.171 e. The van der Waals surface area contributed by atoms with Crippen molar-refractivity contribution >= 4 is 0 Å². The third kappa shape index (κ3) is 1.57. The summed E-state index contributed by atoms with van der Waals surface area (Å²) in [5.41, 5.74) is -0.424. The topological polar surface area (TPSA) is 0 Å². The second kappa shape index (κ2) is 3.42. The molecule has 4 atom stereocenters. The van der Waals surface area contributed by atoms with E-state index < -0.39 is 17.5 Å². The molecule has 0 N–H and O–H groups in total. The lowest BCUT2D eigenvalue weighted by atomic mass is 9.42. The standard InChI is InChI=1S/C14H21F3/c1-8-12-4-10-3-11(5-12)7-13(8,6-10)9(2)14(15,16)17/h8-12H,3-7H2,1-2H3. The second-order valence-electron chi connectivity index (χ2n) is 6.89. The van der Waals surface area contributed by atoms with Gasteiger partial charge in [0.05, 0.1) is 5.92 Å². The molecule has 4 aliphatic carbocycles. The Morgan fingerprint density at radius 2 is 1.59 bits per heavy atom. The maximum atomic E-state index is 13.1. The van der Waals surface area contributed by atoms with E-state index in [2.05, 4.69) is 6.92 Å². The van der Waals surface area contributed by atoms with Gasteiger partial charge in [0.25, 0.3) is 0 Å². The molecule has 4 saturated carbocycles. The summed E-state index contributed by atoms with van der Waals surface area (Å²) in [6.07, 6.45) is 1.26. The van der Waals surface area contributed by atoms with E-state index in [0.717, 1.165) is 12.8 Å². The van der Waals surface area contributed by atoms with E-state index in [1.165, 1.54) is 26.2 Å². The summed E-state index contributed by atoms with van der Waals surface area (Å²) in [4.78, 5) is 0. The van der Waals surface area contributed by atoms with Gasteiger partial charge in [0.2, 0.25) is 0 Å². The highest BCUT2D eigenvalue weighted by Gasteiger charge is 2.62. The molecule has 0 heterocycles. The van der Waals surface area contributed by atoms with E-state index in [1.54, 1.807) is 0 Å². The average Bonchev–Trinajstić information content (AvgIpc) is 2.22. The van der Waals surface area contributed by atoms with Gasteiger partial charge >= 0.3 is 6.18 Å². The van der Waals surface area contributed by atoms with E-state index in [-0.39, 0.29) is 5.92 Å². The Bertz CT molecular complexity index is 306. The molecular formula is C14H21F3. The van der Waals surface area contributed by atoms with Crippen molar-refractivity contribution in [2.24, 2.45) is 35.0 Å². The molecule has 0 amide bonds. The van der Waals surface area contributed by atoms with Crippen LogP contribution in [0.25, 0.3) is 0 Å². The smallest absolute Gasteiger partial charge is 0.171 e. The quantitative estimate of drug-likeness (QED) is 0.632. The fourth-order valence-corrected chi connectivity index (χ4v) is 5.43. The fourth-order valence-electron chi connectivity index (χ4n) is 5.43. The Balaban J connectivity index is 1.95. The average molecular weight is 246 g/mol. The zero-order valence-electron chi connectivity index (χ0n) is 10.6. The molecule has 0 aromatic carbocycles. The van der Waals surface area contributed by atoms with E-state index in [0.29, 0.717) is 17.8 Å². The summed E-state index contributed by atoms with van der Waals surface area (Å²) < 4.78 is 39.4. The Morgan fingerprint density at radius 3 is 2.06 bits per heavy atom. The van der Waals surface area contributed by atoms with Gasteiger partial charge in [0.1, 0.15) is 0 Å². The monoisotopic (exact) mass is 246 g/mol. The van der Waals surface area contributed by atoms with Crippen LogP contribution in [0.3, 0.4) is 0 Å². The summed E-state index contributed by atoms with van der Waals surface area (Å²) in [6, 6.07) is 0. The van der Waals surface area contributed by atoms with E-state index >= 15 is 0 Å². The Labute approximate surface area is 101 Å². The van der Waals surface area contributed by atoms with Crippen molar-refractivity contribution < 1.29 is 13.2 Å². The molecule has 3 heteroatoms. The first-order chi connectivity index (χ1) is 7.83. The summed E-state index contributed by atoms with van der Waals surface area (Å²) in [6.45, 7) is 3.52. The van der Waals surface area contributed by atoms with Gasteiger partial charge in [-0.1, -0.05) is 13.8 Å². The molecular weight excluding hydrogens is 225 g/mol. The lowest BCUT2D eigenvalue weighted by Gasteiger charge is -2.62. The summed E-state index contributed by atoms with van der Waals surface area (Å²) in [5, 5.41) is 0. The van der Waals surface area contributed by atoms with Crippen LogP contribution in [0.4, 0.5) is 13.2 Å². The summed E-state index contributed by atoms with van der Waals surface area (Å²) in [7, 11) is 0. The normalized spacial score (nSPS) is 50.6. The third-order valence-electron chi connectivity index (χ3n) is 6.24. The SMILES string of the molecule is CC1C2CC3CC(C2)CC1(C(C)C(F)(F)F)C3. The van der Waals surface area contributed by atoms with Gasteiger partial charge in [0, 0.05) is 0 Å². The van der Waals surface area contributed by atoms with Gasteiger partial charge in [-0.2, -0.15) is 13.2 Å². The zero-order chi connectivity index (χ0) is 12.4. The molecule has 0 nitrogen and oxygen atoms in total. The van der Waals surface area contributed by atoms with Crippen LogP contribution in [0, 0.1) is 35.0 Å². The largest absolute Gasteiger partial charge is 0.392 e. The highest BCUT2D eigenvalue weighted by Crippen LogP contribution is 2.67. The molecule has 4 bridgehead atoms. The van der Waals surface area contributed by atoms with Gasteiger partial charge in [-0.05, 0) is 61.2 Å². The molecule has 0 aliphatic heterocycles. The van der Waals surface area contributed by atoms with Crippen LogP contribution >= 0.6 is 0 Å². The van der Waals surface area contributed by atoms with Crippen molar-refractivity contribution in [1.29, 1.82) is 0 Å². The van der Waals surface area contributed by atoms with Crippen molar-refractivity contribution in [3.63, 3.8) is 0 Å². The molecule has 0 radical (unpaired) electrons. The highest BCUT2D eigenvalue weighted by molar-refractivity contribution is 5.07. The van der Waals surface area contributed by atoms with Crippen LogP contribution in [0.1, 0.15) is 46.0 Å². The summed E-state index contributed by atoms with van der Waals surface area (Å²) in [5.74, 6) is 0.915. The van der Waals surface area contributed by atoms with Gasteiger partial charge in [-0.25, -0.2) is 0 Å². The molecule has 98 valence electrons. The first-order valence-corrected chi connectivity index (χ1v) is 6.89. The first kappa shape index (κ1) is 11.9. The molecule has 17 heavy (non-hydrogen) atoms. The van der Waals surface area contributed by atoms with Gasteiger partial charge in [-0.3, -0.25) is 0 Å². The number of rotatable bonds is 1. The van der Waals surface area contributed by atoms with E-state index in [9.17, 15) is 13.2 Å². The van der Waals surface area contributed by atoms with Crippen molar-refractivity contribution in [1.82, 2.24) is 0 Å². The van der Waals surface area contributed by atoms with Gasteiger partial charge in [-0.15, -0.1) is 0 Å². The lowest BCUT2D eigenvalue weighted by Crippen LogP contribution is -2.57. The lowest BCUT2D eigenvalue weighted by molar-refractivity contribution is -0.246. The molecule has 4 rings (SSSR count). The van der Waals surface area contributed by atoms with Crippen molar-refractivity contribution in [3.05, 3.63) is 0 Å². The molecule has 0 aromatic rings. The van der Waals surface area contributed by atoms with Crippen LogP contribution in [0.15, 0.2) is 0 Å². The molecule has 0 spiro atoms. The van der Waals surface area contributed by atoms with Crippen LogP contribution < -0.4 is 0 Å². The predicted octanol–water partition coefficient (Wildman–Crippen LogP) is 4.65. The van der Waals surface area contributed by atoms with Crippen LogP contribution in [0.2, 0.25) is 0 Å². The maximum Gasteiger partial charge on any atom is 0.392 e. The minimum absolute atomic E-state index is 0.270. The minimum atomic E-state index is -4.01. The van der Waals surface area contributed by atoms with Crippen molar-refractivity contribution in [2.45, 2.75) is 52.1 Å². The summed E-state index contributed by atoms with van der Waals surface area (Å²) >= 11 is 0. The molecule has 4 unspecified atom stereocenters. The Kier molecular flexibility index (Phi) is 2.38. The van der Waals surface area contributed by atoms with Crippen LogP contribution in [-0.2, 0) is 0 Å². The maximum absolute atomic E-state index is 13.1. The Hall–Kier alpha value is -0.210. The van der Waals surface area contributed by atoms with Crippen LogP contribution in [0.5, 0.6) is 0 Å². The number of alkyl halides is 3. The number of hydrogen-bond acceptors (Lipinski definition) is 0. The predicted molar refractivity (Wildman–Crippen MR) is 60.4 cm³/mol. The highest BCUT2D eigenvalue weighted by atomic mass is 19.4. The molecule has 0 aromatic heterocycles. The number of hydrogen-bond donors (Lipinski definition) is 0. The van der Waals surface area contributed by atoms with E-state index in [4.69, 9.17) is 0 Å². The zero-order valence-corrected chi connectivity index (χ0v) is 10.6. The molecule has 4 fully saturated rings.